The van der Waals surface area contributed by atoms with Crippen molar-refractivity contribution in [1.82, 2.24) is 15.1 Å². The molecule has 0 bridgehead atoms. The van der Waals surface area contributed by atoms with E-state index in [2.05, 4.69) is 29.3 Å². The Kier molecular flexibility index (Phi) is 4.84. The van der Waals surface area contributed by atoms with Crippen molar-refractivity contribution < 1.29 is 14.3 Å². The Balaban J connectivity index is 1.47. The molecule has 6 heteroatoms. The van der Waals surface area contributed by atoms with Crippen LogP contribution in [0, 0.1) is 5.92 Å². The zero-order chi connectivity index (χ0) is 19.0. The van der Waals surface area contributed by atoms with Gasteiger partial charge in [0.25, 0.3) is 5.91 Å². The van der Waals surface area contributed by atoms with E-state index >= 15 is 0 Å². The van der Waals surface area contributed by atoms with E-state index in [1.165, 1.54) is 10.5 Å². The van der Waals surface area contributed by atoms with Crippen molar-refractivity contribution in [2.75, 3.05) is 20.3 Å². The van der Waals surface area contributed by atoms with Gasteiger partial charge in [-0.05, 0) is 62.1 Å². The SMILES string of the molecule is COc1ccc([C@H]2CCCN2CN2C(=O)NC3(CCC(C)CC3)C2=O)cc1. The maximum atomic E-state index is 13.1. The number of hydrogen-bond donors (Lipinski definition) is 1. The second-order valence-corrected chi connectivity index (χ2v) is 8.31. The summed E-state index contributed by atoms with van der Waals surface area (Å²) in [4.78, 5) is 29.4. The van der Waals surface area contributed by atoms with Crippen LogP contribution in [-0.4, -0.2) is 47.6 Å². The van der Waals surface area contributed by atoms with E-state index in [9.17, 15) is 9.59 Å². The number of methoxy groups -OCH3 is 1. The monoisotopic (exact) mass is 371 g/mol. The third-order valence-electron chi connectivity index (χ3n) is 6.56. The van der Waals surface area contributed by atoms with E-state index in [4.69, 9.17) is 4.74 Å². The highest BCUT2D eigenvalue weighted by Gasteiger charge is 2.52. The average Bonchev–Trinajstić information content (AvgIpc) is 3.23. The largest absolute Gasteiger partial charge is 0.497 e. The molecule has 0 unspecified atom stereocenters. The molecule has 3 fully saturated rings. The fraction of sp³-hybridized carbons (Fsp3) is 0.619. The van der Waals surface area contributed by atoms with Gasteiger partial charge in [-0.2, -0.15) is 0 Å². The fourth-order valence-corrected chi connectivity index (χ4v) is 4.78. The number of hydrogen-bond acceptors (Lipinski definition) is 4. The first-order chi connectivity index (χ1) is 13.0. The lowest BCUT2D eigenvalue weighted by molar-refractivity contribution is -0.134. The van der Waals surface area contributed by atoms with Gasteiger partial charge in [0.1, 0.15) is 11.3 Å². The number of ether oxygens (including phenoxy) is 1. The molecule has 2 aliphatic heterocycles. The van der Waals surface area contributed by atoms with Crippen LogP contribution >= 0.6 is 0 Å². The maximum absolute atomic E-state index is 13.1. The number of urea groups is 1. The van der Waals surface area contributed by atoms with Crippen molar-refractivity contribution in [2.45, 2.75) is 57.0 Å². The molecule has 146 valence electrons. The van der Waals surface area contributed by atoms with E-state index in [1.54, 1.807) is 7.11 Å². The Morgan fingerprint density at radius 2 is 1.85 bits per heavy atom. The molecule has 0 aromatic heterocycles. The number of benzene rings is 1. The quantitative estimate of drug-likeness (QED) is 0.825. The minimum absolute atomic E-state index is 0.0280. The zero-order valence-corrected chi connectivity index (χ0v) is 16.2. The van der Waals surface area contributed by atoms with Gasteiger partial charge in [-0.3, -0.25) is 9.69 Å². The highest BCUT2D eigenvalue weighted by Crippen LogP contribution is 2.38. The topological polar surface area (TPSA) is 61.9 Å². The number of carbonyl (C=O) groups is 2. The number of amides is 3. The number of nitrogens with zero attached hydrogens (tertiary/aromatic N) is 2. The lowest BCUT2D eigenvalue weighted by atomic mass is 9.77. The molecular weight excluding hydrogens is 342 g/mol. The third kappa shape index (κ3) is 3.31. The normalized spacial score (nSPS) is 31.6. The molecule has 2 heterocycles. The summed E-state index contributed by atoms with van der Waals surface area (Å²) in [7, 11) is 1.66. The Bertz CT molecular complexity index is 710. The minimum atomic E-state index is -0.654. The molecule has 1 spiro atoms. The number of carbonyl (C=O) groups excluding carboxylic acids is 2. The van der Waals surface area contributed by atoms with Crippen molar-refractivity contribution in [3.8, 4) is 5.75 Å². The standard InChI is InChI=1S/C21H29N3O3/c1-15-9-11-21(12-10-15)19(25)24(20(26)22-21)14-23-13-3-4-18(23)16-5-7-17(27-2)8-6-16/h5-8,15,18H,3-4,9-14H2,1-2H3,(H,22,26)/t15?,18-,21?/m1/s1. The highest BCUT2D eigenvalue weighted by atomic mass is 16.5. The molecule has 1 aromatic rings. The molecule has 0 radical (unpaired) electrons. The van der Waals surface area contributed by atoms with Gasteiger partial charge in [0.15, 0.2) is 0 Å². The third-order valence-corrected chi connectivity index (χ3v) is 6.56. The predicted octanol–water partition coefficient (Wildman–Crippen LogP) is 3.29. The van der Waals surface area contributed by atoms with E-state index in [0.717, 1.165) is 50.8 Å². The van der Waals surface area contributed by atoms with Gasteiger partial charge in [-0.15, -0.1) is 0 Å². The lowest BCUT2D eigenvalue weighted by Gasteiger charge is -2.34. The van der Waals surface area contributed by atoms with Crippen molar-refractivity contribution >= 4 is 11.9 Å². The molecule has 27 heavy (non-hydrogen) atoms. The van der Waals surface area contributed by atoms with Crippen molar-refractivity contribution in [1.29, 1.82) is 0 Å². The fourth-order valence-electron chi connectivity index (χ4n) is 4.78. The van der Waals surface area contributed by atoms with Gasteiger partial charge in [-0.25, -0.2) is 9.69 Å². The van der Waals surface area contributed by atoms with E-state index < -0.39 is 5.54 Å². The Morgan fingerprint density at radius 3 is 2.52 bits per heavy atom. The molecule has 3 amide bonds. The summed E-state index contributed by atoms with van der Waals surface area (Å²) in [6, 6.07) is 8.11. The Labute approximate surface area is 160 Å². The van der Waals surface area contributed by atoms with Crippen LogP contribution in [0.5, 0.6) is 5.75 Å². The van der Waals surface area contributed by atoms with Crippen molar-refractivity contribution in [2.24, 2.45) is 5.92 Å². The second-order valence-electron chi connectivity index (χ2n) is 8.31. The Morgan fingerprint density at radius 1 is 1.15 bits per heavy atom. The van der Waals surface area contributed by atoms with Gasteiger partial charge in [-0.1, -0.05) is 19.1 Å². The van der Waals surface area contributed by atoms with E-state index in [-0.39, 0.29) is 18.0 Å². The van der Waals surface area contributed by atoms with Crippen LogP contribution in [0.2, 0.25) is 0 Å². The van der Waals surface area contributed by atoms with E-state index in [0.29, 0.717) is 12.6 Å². The summed E-state index contributed by atoms with van der Waals surface area (Å²) in [5.74, 6) is 1.44. The van der Waals surface area contributed by atoms with Crippen LogP contribution in [-0.2, 0) is 4.79 Å². The first-order valence-electron chi connectivity index (χ1n) is 10.0. The van der Waals surface area contributed by atoms with Crippen LogP contribution < -0.4 is 10.1 Å². The average molecular weight is 371 g/mol. The summed E-state index contributed by atoms with van der Waals surface area (Å²) in [6.07, 6.45) is 5.63. The van der Waals surface area contributed by atoms with Gasteiger partial charge >= 0.3 is 6.03 Å². The number of rotatable bonds is 4. The summed E-state index contributed by atoms with van der Waals surface area (Å²) < 4.78 is 5.25. The van der Waals surface area contributed by atoms with Crippen LogP contribution in [0.3, 0.4) is 0 Å². The molecule has 1 saturated carbocycles. The highest BCUT2D eigenvalue weighted by molar-refractivity contribution is 6.07. The van der Waals surface area contributed by atoms with Gasteiger partial charge in [0.2, 0.25) is 0 Å². The number of likely N-dealkylation sites (tertiary alicyclic amines) is 1. The van der Waals surface area contributed by atoms with Crippen LogP contribution in [0.25, 0.3) is 0 Å². The minimum Gasteiger partial charge on any atom is -0.497 e. The van der Waals surface area contributed by atoms with Gasteiger partial charge < -0.3 is 10.1 Å². The summed E-state index contributed by atoms with van der Waals surface area (Å²) in [6.45, 7) is 3.49. The molecule has 1 atom stereocenters. The second kappa shape index (κ2) is 7.15. The summed E-state index contributed by atoms with van der Waals surface area (Å²) in [5, 5.41) is 3.03. The molecule has 6 nitrogen and oxygen atoms in total. The molecule has 4 rings (SSSR count). The molecule has 3 aliphatic rings. The van der Waals surface area contributed by atoms with Crippen LogP contribution in [0.4, 0.5) is 4.79 Å². The van der Waals surface area contributed by atoms with Crippen molar-refractivity contribution in [3.63, 3.8) is 0 Å². The number of nitrogens with one attached hydrogen (secondary N) is 1. The molecular formula is C21H29N3O3. The zero-order valence-electron chi connectivity index (χ0n) is 16.2. The first kappa shape index (κ1) is 18.3. The van der Waals surface area contributed by atoms with Gasteiger partial charge in [0.05, 0.1) is 13.8 Å². The smallest absolute Gasteiger partial charge is 0.326 e. The predicted molar refractivity (Wildman–Crippen MR) is 102 cm³/mol. The number of imide groups is 1. The maximum Gasteiger partial charge on any atom is 0.326 e. The van der Waals surface area contributed by atoms with Crippen molar-refractivity contribution in [3.05, 3.63) is 29.8 Å². The molecule has 1 N–H and O–H groups in total. The first-order valence-corrected chi connectivity index (χ1v) is 10.0. The summed E-state index contributed by atoms with van der Waals surface area (Å²) in [5.41, 5.74) is 0.556. The molecule has 2 saturated heterocycles. The van der Waals surface area contributed by atoms with E-state index in [1.807, 2.05) is 12.1 Å². The van der Waals surface area contributed by atoms with Gasteiger partial charge in [0, 0.05) is 12.6 Å². The van der Waals surface area contributed by atoms with Crippen LogP contribution in [0.15, 0.2) is 24.3 Å². The van der Waals surface area contributed by atoms with Crippen LogP contribution in [0.1, 0.15) is 57.1 Å². The lowest BCUT2D eigenvalue weighted by Crippen LogP contribution is -2.50. The summed E-state index contributed by atoms with van der Waals surface area (Å²) >= 11 is 0. The Hall–Kier alpha value is -2.08. The molecule has 1 aliphatic carbocycles. The molecule has 1 aromatic carbocycles.